The fourth-order valence-electron chi connectivity index (χ4n) is 1.23. The molecule has 1 fully saturated rings. The lowest BCUT2D eigenvalue weighted by molar-refractivity contribution is -0.143. The summed E-state index contributed by atoms with van der Waals surface area (Å²) in [7, 11) is 0. The zero-order valence-electron chi connectivity index (χ0n) is 6.59. The molecule has 1 saturated heterocycles. The SMILES string of the molecule is CC1(CC(=O)O)CC(=O)NC1=O. The van der Waals surface area contributed by atoms with Crippen molar-refractivity contribution in [3.8, 4) is 0 Å². The van der Waals surface area contributed by atoms with Gasteiger partial charge in [0.05, 0.1) is 11.8 Å². The number of carboxylic acid groups (broad SMARTS) is 1. The molecule has 0 aromatic carbocycles. The van der Waals surface area contributed by atoms with E-state index in [-0.39, 0.29) is 12.8 Å². The maximum atomic E-state index is 11.0. The molecule has 1 heterocycles. The number of hydrogen-bond donors (Lipinski definition) is 2. The maximum Gasteiger partial charge on any atom is 0.304 e. The Morgan fingerprint density at radius 2 is 2.25 bits per heavy atom. The van der Waals surface area contributed by atoms with Gasteiger partial charge in [0.25, 0.3) is 0 Å². The van der Waals surface area contributed by atoms with Crippen LogP contribution in [0.5, 0.6) is 0 Å². The molecule has 0 radical (unpaired) electrons. The summed E-state index contributed by atoms with van der Waals surface area (Å²) in [4.78, 5) is 32.1. The minimum Gasteiger partial charge on any atom is -0.481 e. The van der Waals surface area contributed by atoms with Gasteiger partial charge in [0.2, 0.25) is 11.8 Å². The zero-order chi connectivity index (χ0) is 9.35. The lowest BCUT2D eigenvalue weighted by atomic mass is 9.85. The Hall–Kier alpha value is -1.39. The Labute approximate surface area is 68.8 Å². The van der Waals surface area contributed by atoms with Gasteiger partial charge in [-0.05, 0) is 6.92 Å². The van der Waals surface area contributed by atoms with Gasteiger partial charge in [0, 0.05) is 6.42 Å². The normalized spacial score (nSPS) is 28.8. The number of hydrogen-bond acceptors (Lipinski definition) is 3. The summed E-state index contributed by atoms with van der Waals surface area (Å²) in [5.41, 5.74) is -1.05. The van der Waals surface area contributed by atoms with E-state index in [0.717, 1.165) is 0 Å². The van der Waals surface area contributed by atoms with Crippen molar-refractivity contribution in [2.45, 2.75) is 19.8 Å². The molecule has 0 spiro atoms. The van der Waals surface area contributed by atoms with Gasteiger partial charge in [-0.3, -0.25) is 19.7 Å². The fourth-order valence-corrected chi connectivity index (χ4v) is 1.23. The highest BCUT2D eigenvalue weighted by Gasteiger charge is 2.43. The second-order valence-electron chi connectivity index (χ2n) is 3.19. The van der Waals surface area contributed by atoms with Gasteiger partial charge in [-0.15, -0.1) is 0 Å². The van der Waals surface area contributed by atoms with Crippen LogP contribution in [-0.2, 0) is 14.4 Å². The van der Waals surface area contributed by atoms with Gasteiger partial charge in [-0.25, -0.2) is 0 Å². The molecule has 5 heteroatoms. The summed E-state index contributed by atoms with van der Waals surface area (Å²) in [6.07, 6.45) is -0.331. The second kappa shape index (κ2) is 2.58. The molecule has 1 rings (SSSR count). The Balaban J connectivity index is 2.77. The molecule has 1 atom stereocenters. The molecule has 0 aromatic rings. The Morgan fingerprint density at radius 1 is 1.67 bits per heavy atom. The minimum absolute atomic E-state index is 0.0296. The molecule has 66 valence electrons. The third-order valence-corrected chi connectivity index (χ3v) is 1.89. The first kappa shape index (κ1) is 8.70. The summed E-state index contributed by atoms with van der Waals surface area (Å²) in [5, 5.41) is 10.5. The summed E-state index contributed by atoms with van der Waals surface area (Å²) < 4.78 is 0. The van der Waals surface area contributed by atoms with Crippen molar-refractivity contribution in [1.29, 1.82) is 0 Å². The summed E-state index contributed by atoms with van der Waals surface area (Å²) >= 11 is 0. The van der Waals surface area contributed by atoms with Gasteiger partial charge in [0.1, 0.15) is 0 Å². The maximum absolute atomic E-state index is 11.0. The standard InChI is InChI=1S/C7H9NO4/c1-7(3-5(10)11)2-4(9)8-6(7)12/h2-3H2,1H3,(H,10,11)(H,8,9,12). The minimum atomic E-state index is -1.07. The fraction of sp³-hybridized carbons (Fsp3) is 0.571. The van der Waals surface area contributed by atoms with Crippen molar-refractivity contribution < 1.29 is 19.5 Å². The van der Waals surface area contributed by atoms with Gasteiger partial charge < -0.3 is 5.11 Å². The van der Waals surface area contributed by atoms with Crippen molar-refractivity contribution in [3.05, 3.63) is 0 Å². The average Bonchev–Trinajstić information content (AvgIpc) is 2.04. The van der Waals surface area contributed by atoms with Crippen LogP contribution in [0.15, 0.2) is 0 Å². The largest absolute Gasteiger partial charge is 0.481 e. The molecule has 0 aromatic heterocycles. The summed E-state index contributed by atoms with van der Waals surface area (Å²) in [6.45, 7) is 1.47. The molecule has 0 saturated carbocycles. The molecular weight excluding hydrogens is 162 g/mol. The first-order valence-corrected chi connectivity index (χ1v) is 3.50. The summed E-state index contributed by atoms with van der Waals surface area (Å²) in [6, 6.07) is 0. The van der Waals surface area contributed by atoms with Gasteiger partial charge >= 0.3 is 5.97 Å². The number of carbonyl (C=O) groups is 3. The smallest absolute Gasteiger partial charge is 0.304 e. The second-order valence-corrected chi connectivity index (χ2v) is 3.19. The molecule has 1 aliphatic heterocycles. The van der Waals surface area contributed by atoms with Gasteiger partial charge in [0.15, 0.2) is 0 Å². The number of carbonyl (C=O) groups excluding carboxylic acids is 2. The van der Waals surface area contributed by atoms with E-state index in [0.29, 0.717) is 0 Å². The van der Waals surface area contributed by atoms with Crippen LogP contribution in [0, 0.1) is 5.41 Å². The van der Waals surface area contributed by atoms with E-state index in [1.54, 1.807) is 0 Å². The monoisotopic (exact) mass is 171 g/mol. The van der Waals surface area contributed by atoms with E-state index in [1.165, 1.54) is 6.92 Å². The number of rotatable bonds is 2. The van der Waals surface area contributed by atoms with Crippen LogP contribution in [0.25, 0.3) is 0 Å². The Bertz CT molecular complexity index is 260. The van der Waals surface area contributed by atoms with Crippen LogP contribution < -0.4 is 5.32 Å². The van der Waals surface area contributed by atoms with Crippen LogP contribution in [0.1, 0.15) is 19.8 Å². The van der Waals surface area contributed by atoms with Crippen LogP contribution in [0.3, 0.4) is 0 Å². The highest BCUT2D eigenvalue weighted by atomic mass is 16.4. The molecule has 2 amide bonds. The van der Waals surface area contributed by atoms with E-state index in [2.05, 4.69) is 5.32 Å². The molecule has 1 unspecified atom stereocenters. The molecule has 5 nitrogen and oxygen atoms in total. The predicted molar refractivity (Wildman–Crippen MR) is 38.1 cm³/mol. The third-order valence-electron chi connectivity index (χ3n) is 1.89. The van der Waals surface area contributed by atoms with Crippen LogP contribution >= 0.6 is 0 Å². The van der Waals surface area contributed by atoms with Crippen LogP contribution in [0.2, 0.25) is 0 Å². The van der Waals surface area contributed by atoms with Gasteiger partial charge in [-0.1, -0.05) is 0 Å². The topological polar surface area (TPSA) is 83.5 Å². The Kier molecular flexibility index (Phi) is 1.87. The first-order valence-electron chi connectivity index (χ1n) is 3.50. The number of nitrogens with one attached hydrogen (secondary N) is 1. The van der Waals surface area contributed by atoms with Crippen molar-refractivity contribution in [2.75, 3.05) is 0 Å². The van der Waals surface area contributed by atoms with Crippen molar-refractivity contribution >= 4 is 17.8 Å². The molecule has 2 N–H and O–H groups in total. The number of carboxylic acids is 1. The van der Waals surface area contributed by atoms with Crippen molar-refractivity contribution in [1.82, 2.24) is 5.32 Å². The molecule has 0 bridgehead atoms. The van der Waals surface area contributed by atoms with Crippen LogP contribution in [-0.4, -0.2) is 22.9 Å². The van der Waals surface area contributed by atoms with Crippen LogP contribution in [0.4, 0.5) is 0 Å². The quantitative estimate of drug-likeness (QED) is 0.549. The molecule has 1 aliphatic rings. The van der Waals surface area contributed by atoms with E-state index in [1.807, 2.05) is 0 Å². The van der Waals surface area contributed by atoms with E-state index in [4.69, 9.17) is 5.11 Å². The van der Waals surface area contributed by atoms with E-state index < -0.39 is 23.2 Å². The highest BCUT2D eigenvalue weighted by molar-refractivity contribution is 6.06. The Morgan fingerprint density at radius 3 is 2.58 bits per heavy atom. The van der Waals surface area contributed by atoms with E-state index >= 15 is 0 Å². The molecule has 12 heavy (non-hydrogen) atoms. The number of imide groups is 1. The number of aliphatic carboxylic acids is 1. The molecule has 0 aliphatic carbocycles. The van der Waals surface area contributed by atoms with E-state index in [9.17, 15) is 14.4 Å². The van der Waals surface area contributed by atoms with Crippen molar-refractivity contribution in [2.24, 2.45) is 5.41 Å². The predicted octanol–water partition coefficient (Wildman–Crippen LogP) is -0.486. The third kappa shape index (κ3) is 1.44. The van der Waals surface area contributed by atoms with Crippen molar-refractivity contribution in [3.63, 3.8) is 0 Å². The molecular formula is C7H9NO4. The zero-order valence-corrected chi connectivity index (χ0v) is 6.59. The number of amides is 2. The summed E-state index contributed by atoms with van der Waals surface area (Å²) in [5.74, 6) is -1.96. The highest BCUT2D eigenvalue weighted by Crippen LogP contribution is 2.30. The lowest BCUT2D eigenvalue weighted by Gasteiger charge is -2.15. The first-order chi connectivity index (χ1) is 5.44. The lowest BCUT2D eigenvalue weighted by Crippen LogP contribution is -2.30. The average molecular weight is 171 g/mol. The van der Waals surface area contributed by atoms with Gasteiger partial charge in [-0.2, -0.15) is 0 Å².